The predicted octanol–water partition coefficient (Wildman–Crippen LogP) is -0.649. The number of carbonyl (C=O) groups excluding carboxylic acids is 2. The highest BCUT2D eigenvalue weighted by molar-refractivity contribution is 7.80. The summed E-state index contributed by atoms with van der Waals surface area (Å²) in [5, 5.41) is 9.06. The van der Waals surface area contributed by atoms with E-state index in [4.69, 9.17) is 17.3 Å². The lowest BCUT2D eigenvalue weighted by atomic mass is 10.1. The number of amidine groups is 1. The molecular formula is C10H12N4O4S. The van der Waals surface area contributed by atoms with Crippen molar-refractivity contribution in [1.29, 1.82) is 0 Å². The molecular weight excluding hydrogens is 272 g/mol. The van der Waals surface area contributed by atoms with E-state index in [0.29, 0.717) is 0 Å². The number of fused-ring (bicyclic) bond motifs is 1. The maximum absolute atomic E-state index is 12.1. The molecule has 1 saturated heterocycles. The minimum absolute atomic E-state index is 0.00167. The number of carboxylic acids is 1. The lowest BCUT2D eigenvalue weighted by molar-refractivity contribution is -0.142. The molecule has 0 saturated carbocycles. The summed E-state index contributed by atoms with van der Waals surface area (Å²) in [5.41, 5.74) is 0. The minimum atomic E-state index is -1.12. The van der Waals surface area contributed by atoms with Crippen molar-refractivity contribution in [1.82, 2.24) is 14.7 Å². The molecule has 0 aromatic heterocycles. The molecule has 2 rings (SSSR count). The Labute approximate surface area is 114 Å². The van der Waals surface area contributed by atoms with Crippen LogP contribution >= 0.6 is 12.2 Å². The summed E-state index contributed by atoms with van der Waals surface area (Å²) in [6, 6.07) is -2.48. The van der Waals surface area contributed by atoms with Crippen LogP contribution in [0.25, 0.3) is 0 Å². The van der Waals surface area contributed by atoms with Gasteiger partial charge in [-0.15, -0.1) is 0 Å². The Hall–Kier alpha value is -2.03. The molecule has 0 spiro atoms. The molecule has 0 aromatic carbocycles. The quantitative estimate of drug-likeness (QED) is 0.677. The summed E-state index contributed by atoms with van der Waals surface area (Å²) < 4.78 is 0. The van der Waals surface area contributed by atoms with Gasteiger partial charge in [0.2, 0.25) is 0 Å². The van der Waals surface area contributed by atoms with E-state index < -0.39 is 30.0 Å². The molecule has 1 N–H and O–H groups in total. The lowest BCUT2D eigenvalue weighted by Crippen LogP contribution is -2.64. The number of imide groups is 1. The van der Waals surface area contributed by atoms with Crippen molar-refractivity contribution in [3.8, 4) is 0 Å². The second-order valence-corrected chi connectivity index (χ2v) is 4.68. The summed E-state index contributed by atoms with van der Waals surface area (Å²) >= 11 is 5.00. The van der Waals surface area contributed by atoms with Gasteiger partial charge in [0.1, 0.15) is 11.9 Å². The molecule has 2 aliphatic heterocycles. The molecule has 0 radical (unpaired) electrons. The van der Waals surface area contributed by atoms with Gasteiger partial charge in [-0.05, 0) is 19.1 Å². The monoisotopic (exact) mass is 284 g/mol. The number of urea groups is 1. The van der Waals surface area contributed by atoms with Gasteiger partial charge in [0.05, 0.1) is 0 Å². The van der Waals surface area contributed by atoms with Crippen molar-refractivity contribution < 1.29 is 19.5 Å². The third kappa shape index (κ3) is 1.77. The van der Waals surface area contributed by atoms with E-state index in [9.17, 15) is 14.4 Å². The van der Waals surface area contributed by atoms with Crippen molar-refractivity contribution >= 4 is 41.1 Å². The van der Waals surface area contributed by atoms with Crippen LogP contribution in [0.4, 0.5) is 4.79 Å². The summed E-state index contributed by atoms with van der Waals surface area (Å²) in [4.78, 5) is 42.3. The zero-order valence-corrected chi connectivity index (χ0v) is 11.3. The number of nitrogens with zero attached hydrogens (tertiary/aromatic N) is 4. The van der Waals surface area contributed by atoms with Gasteiger partial charge in [0, 0.05) is 14.1 Å². The predicted molar refractivity (Wildman–Crippen MR) is 68.7 cm³/mol. The van der Waals surface area contributed by atoms with E-state index >= 15 is 0 Å². The number of hydrogen-bond acceptors (Lipinski definition) is 4. The lowest BCUT2D eigenvalue weighted by Gasteiger charge is -2.37. The fourth-order valence-corrected chi connectivity index (χ4v) is 2.41. The van der Waals surface area contributed by atoms with E-state index in [1.165, 1.54) is 30.8 Å². The topological polar surface area (TPSA) is 93.5 Å². The average molecular weight is 284 g/mol. The van der Waals surface area contributed by atoms with Gasteiger partial charge in [0.15, 0.2) is 11.2 Å². The van der Waals surface area contributed by atoms with Gasteiger partial charge in [-0.25, -0.2) is 14.6 Å². The number of hydrogen-bond donors (Lipinski definition) is 1. The molecule has 2 unspecified atom stereocenters. The van der Waals surface area contributed by atoms with Crippen LogP contribution in [0.3, 0.4) is 0 Å². The molecule has 2 heterocycles. The number of carbonyl (C=O) groups is 3. The van der Waals surface area contributed by atoms with Gasteiger partial charge < -0.3 is 10.0 Å². The average Bonchev–Trinajstić information content (AvgIpc) is 2.70. The molecule has 0 aromatic rings. The van der Waals surface area contributed by atoms with E-state index in [-0.39, 0.29) is 10.9 Å². The van der Waals surface area contributed by atoms with E-state index in [1.807, 2.05) is 0 Å². The smallest absolute Gasteiger partial charge is 0.331 e. The summed E-state index contributed by atoms with van der Waals surface area (Å²) in [5.74, 6) is -1.48. The fourth-order valence-electron chi connectivity index (χ4n) is 2.05. The molecule has 1 fully saturated rings. The van der Waals surface area contributed by atoms with Crippen molar-refractivity contribution in [3.05, 3.63) is 0 Å². The number of carboxylic acid groups (broad SMARTS) is 1. The molecule has 2 atom stereocenters. The van der Waals surface area contributed by atoms with Crippen LogP contribution in [0.1, 0.15) is 6.92 Å². The van der Waals surface area contributed by atoms with Gasteiger partial charge in [-0.2, -0.15) is 0 Å². The maximum atomic E-state index is 12.1. The van der Waals surface area contributed by atoms with Crippen LogP contribution in [0, 0.1) is 0 Å². The Morgan fingerprint density at radius 3 is 2.47 bits per heavy atom. The first-order chi connectivity index (χ1) is 8.77. The van der Waals surface area contributed by atoms with E-state index in [0.717, 1.165) is 4.90 Å². The molecule has 19 heavy (non-hydrogen) atoms. The largest absolute Gasteiger partial charge is 0.480 e. The first-order valence-electron chi connectivity index (χ1n) is 5.46. The van der Waals surface area contributed by atoms with E-state index in [1.54, 1.807) is 0 Å². The number of amides is 3. The number of rotatable bonds is 2. The van der Waals surface area contributed by atoms with Crippen molar-refractivity contribution in [2.75, 3.05) is 14.1 Å². The highest BCUT2D eigenvalue weighted by atomic mass is 32.1. The summed E-state index contributed by atoms with van der Waals surface area (Å²) in [6.07, 6.45) is 0. The molecule has 8 nitrogen and oxygen atoms in total. The molecule has 9 heteroatoms. The molecule has 102 valence electrons. The second kappa shape index (κ2) is 4.26. The summed E-state index contributed by atoms with van der Waals surface area (Å²) in [7, 11) is 2.80. The van der Waals surface area contributed by atoms with Crippen LogP contribution in [-0.4, -0.2) is 74.8 Å². The number of aliphatic imine (C=N–C) groups is 1. The normalized spacial score (nSPS) is 24.6. The Bertz CT molecular complexity index is 532. The number of aliphatic carboxylic acids is 1. The van der Waals surface area contributed by atoms with E-state index in [2.05, 4.69) is 4.99 Å². The van der Waals surface area contributed by atoms with Gasteiger partial charge in [-0.1, -0.05) is 0 Å². The van der Waals surface area contributed by atoms with Gasteiger partial charge >= 0.3 is 12.0 Å². The number of likely N-dealkylation sites (N-methyl/N-ethyl adjacent to an activating group) is 2. The highest BCUT2D eigenvalue weighted by Crippen LogP contribution is 2.24. The SMILES string of the molecule is CC(C(=O)O)N1C(=S)N=C2C1C(=O)N(C)C(=O)N2C. The molecule has 0 bridgehead atoms. The fraction of sp³-hybridized carbons (Fsp3) is 0.500. The minimum Gasteiger partial charge on any atom is -0.480 e. The van der Waals surface area contributed by atoms with Crippen molar-refractivity contribution in [2.24, 2.45) is 4.99 Å². The van der Waals surface area contributed by atoms with Crippen molar-refractivity contribution in [3.63, 3.8) is 0 Å². The highest BCUT2D eigenvalue weighted by Gasteiger charge is 2.50. The Kier molecular flexibility index (Phi) is 3.01. The standard InChI is InChI=1S/C10H12N4O4S/c1-4(8(16)17)14-5-6(11-9(14)19)12(2)10(18)13(3)7(5)15/h4-5H,1-3H3,(H,16,17). The van der Waals surface area contributed by atoms with Crippen LogP contribution in [0.15, 0.2) is 4.99 Å². The molecule has 2 aliphatic rings. The third-order valence-electron chi connectivity index (χ3n) is 3.21. The van der Waals surface area contributed by atoms with Crippen LogP contribution in [0.2, 0.25) is 0 Å². The van der Waals surface area contributed by atoms with Crippen molar-refractivity contribution in [2.45, 2.75) is 19.0 Å². The van der Waals surface area contributed by atoms with Crippen LogP contribution in [0.5, 0.6) is 0 Å². The Balaban J connectivity index is 2.45. The number of thiocarbonyl (C=S) groups is 1. The molecule has 0 aliphatic carbocycles. The summed E-state index contributed by atoms with van der Waals surface area (Å²) in [6.45, 7) is 1.41. The zero-order chi connectivity index (χ0) is 14.5. The third-order valence-corrected chi connectivity index (χ3v) is 3.51. The first kappa shape index (κ1) is 13.4. The Morgan fingerprint density at radius 2 is 1.95 bits per heavy atom. The Morgan fingerprint density at radius 1 is 1.37 bits per heavy atom. The second-order valence-electron chi connectivity index (χ2n) is 4.32. The van der Waals surface area contributed by atoms with Crippen LogP contribution < -0.4 is 0 Å². The van der Waals surface area contributed by atoms with Crippen LogP contribution in [-0.2, 0) is 9.59 Å². The first-order valence-corrected chi connectivity index (χ1v) is 5.87. The molecule has 3 amide bonds. The van der Waals surface area contributed by atoms with Gasteiger partial charge in [0.25, 0.3) is 5.91 Å². The zero-order valence-electron chi connectivity index (χ0n) is 10.5. The van der Waals surface area contributed by atoms with Gasteiger partial charge in [-0.3, -0.25) is 14.6 Å². The maximum Gasteiger partial charge on any atom is 0.331 e.